The van der Waals surface area contributed by atoms with Gasteiger partial charge in [-0.1, -0.05) is 19.1 Å². The van der Waals surface area contributed by atoms with Gasteiger partial charge in [0.25, 0.3) is 0 Å². The van der Waals surface area contributed by atoms with Gasteiger partial charge in [-0.15, -0.1) is 0 Å². The monoisotopic (exact) mass is 395 g/mol. The number of ether oxygens (including phenoxy) is 2. The SMILES string of the molecule is C[C@@H](CC(N)=O)c1ccc(O[C@@H]2CCN(c3ccnc(OC4CCC4)c3)C2)cc1. The summed E-state index contributed by atoms with van der Waals surface area (Å²) in [4.78, 5) is 17.8. The molecule has 29 heavy (non-hydrogen) atoms. The lowest BCUT2D eigenvalue weighted by Gasteiger charge is -2.26. The van der Waals surface area contributed by atoms with E-state index in [-0.39, 0.29) is 17.9 Å². The van der Waals surface area contributed by atoms with Crippen LogP contribution < -0.4 is 20.1 Å². The minimum Gasteiger partial charge on any atom is -0.489 e. The van der Waals surface area contributed by atoms with E-state index in [1.807, 2.05) is 49.5 Å². The van der Waals surface area contributed by atoms with Gasteiger partial charge in [0.15, 0.2) is 0 Å². The van der Waals surface area contributed by atoms with E-state index >= 15 is 0 Å². The number of amides is 1. The molecule has 1 saturated heterocycles. The summed E-state index contributed by atoms with van der Waals surface area (Å²) in [6.07, 6.45) is 7.15. The van der Waals surface area contributed by atoms with Crippen LogP contribution in [0.5, 0.6) is 11.6 Å². The van der Waals surface area contributed by atoms with E-state index in [0.29, 0.717) is 12.5 Å². The maximum atomic E-state index is 11.1. The second kappa shape index (κ2) is 8.72. The van der Waals surface area contributed by atoms with Gasteiger partial charge in [0.05, 0.1) is 6.54 Å². The van der Waals surface area contributed by atoms with Crippen LogP contribution >= 0.6 is 0 Å². The zero-order valence-electron chi connectivity index (χ0n) is 16.9. The molecule has 4 rings (SSSR count). The molecule has 1 aromatic heterocycles. The number of anilines is 1. The van der Waals surface area contributed by atoms with Crippen LogP contribution in [0.1, 0.15) is 50.5 Å². The Morgan fingerprint density at radius 3 is 2.66 bits per heavy atom. The van der Waals surface area contributed by atoms with E-state index in [0.717, 1.165) is 55.2 Å². The molecule has 1 aliphatic heterocycles. The maximum absolute atomic E-state index is 11.1. The minimum atomic E-state index is -0.277. The van der Waals surface area contributed by atoms with E-state index < -0.39 is 0 Å². The predicted octanol–water partition coefficient (Wildman–Crippen LogP) is 3.65. The molecule has 6 nitrogen and oxygen atoms in total. The molecule has 1 saturated carbocycles. The molecule has 2 fully saturated rings. The Morgan fingerprint density at radius 1 is 1.17 bits per heavy atom. The predicted molar refractivity (Wildman–Crippen MR) is 112 cm³/mol. The van der Waals surface area contributed by atoms with Crippen LogP contribution in [-0.4, -0.2) is 36.2 Å². The van der Waals surface area contributed by atoms with Crippen molar-refractivity contribution in [2.75, 3.05) is 18.0 Å². The lowest BCUT2D eigenvalue weighted by molar-refractivity contribution is -0.118. The highest BCUT2D eigenvalue weighted by molar-refractivity contribution is 5.74. The van der Waals surface area contributed by atoms with E-state index in [1.165, 1.54) is 6.42 Å². The van der Waals surface area contributed by atoms with Crippen LogP contribution in [0, 0.1) is 0 Å². The third kappa shape index (κ3) is 5.00. The van der Waals surface area contributed by atoms with Gasteiger partial charge < -0.3 is 20.1 Å². The standard InChI is InChI=1S/C23H29N3O3/c1-16(13-22(24)27)17-5-7-20(8-6-17)28-21-10-12-26(15-21)18-9-11-25-23(14-18)29-19-3-2-4-19/h5-9,11,14,16,19,21H,2-4,10,12-13,15H2,1H3,(H2,24,27)/t16-,21+/m0/s1. The molecule has 154 valence electrons. The van der Waals surface area contributed by atoms with Crippen molar-refractivity contribution in [2.24, 2.45) is 5.73 Å². The molecule has 0 spiro atoms. The lowest BCUT2D eigenvalue weighted by atomic mass is 9.96. The third-order valence-electron chi connectivity index (χ3n) is 5.83. The second-order valence-electron chi connectivity index (χ2n) is 8.14. The number of benzene rings is 1. The molecule has 0 unspecified atom stereocenters. The van der Waals surface area contributed by atoms with Crippen molar-refractivity contribution in [3.05, 3.63) is 48.2 Å². The molecule has 2 atom stereocenters. The number of primary amides is 1. The van der Waals surface area contributed by atoms with Crippen molar-refractivity contribution >= 4 is 11.6 Å². The van der Waals surface area contributed by atoms with E-state index in [9.17, 15) is 4.79 Å². The Kier molecular flexibility index (Phi) is 5.88. The highest BCUT2D eigenvalue weighted by atomic mass is 16.5. The summed E-state index contributed by atoms with van der Waals surface area (Å²) in [6, 6.07) is 12.1. The van der Waals surface area contributed by atoms with Crippen molar-refractivity contribution in [1.29, 1.82) is 0 Å². The van der Waals surface area contributed by atoms with Gasteiger partial charge in [0.2, 0.25) is 11.8 Å². The number of aromatic nitrogens is 1. The first kappa shape index (κ1) is 19.6. The van der Waals surface area contributed by atoms with E-state index in [2.05, 4.69) is 9.88 Å². The van der Waals surface area contributed by atoms with Crippen molar-refractivity contribution in [1.82, 2.24) is 4.98 Å². The summed E-state index contributed by atoms with van der Waals surface area (Å²) >= 11 is 0. The lowest BCUT2D eigenvalue weighted by Crippen LogP contribution is -2.26. The number of nitrogens with zero attached hydrogens (tertiary/aromatic N) is 2. The fourth-order valence-corrected chi connectivity index (χ4v) is 3.87. The number of carbonyl (C=O) groups excluding carboxylic acids is 1. The topological polar surface area (TPSA) is 77.7 Å². The smallest absolute Gasteiger partial charge is 0.218 e. The largest absolute Gasteiger partial charge is 0.489 e. The molecule has 6 heteroatoms. The fraction of sp³-hybridized carbons (Fsp3) is 0.478. The number of hydrogen-bond acceptors (Lipinski definition) is 5. The quantitative estimate of drug-likeness (QED) is 0.738. The zero-order valence-corrected chi connectivity index (χ0v) is 16.9. The van der Waals surface area contributed by atoms with Crippen LogP contribution in [0.25, 0.3) is 0 Å². The molecule has 0 radical (unpaired) electrons. The molecule has 1 aromatic carbocycles. The number of carbonyl (C=O) groups is 1. The number of hydrogen-bond donors (Lipinski definition) is 1. The number of rotatable bonds is 8. The Morgan fingerprint density at radius 2 is 1.97 bits per heavy atom. The molecular formula is C23H29N3O3. The Bertz CT molecular complexity index is 836. The number of pyridine rings is 1. The Balaban J connectivity index is 1.32. The van der Waals surface area contributed by atoms with Gasteiger partial charge in [-0.25, -0.2) is 4.98 Å². The van der Waals surface area contributed by atoms with E-state index in [1.54, 1.807) is 0 Å². The summed E-state index contributed by atoms with van der Waals surface area (Å²) in [7, 11) is 0. The first-order valence-electron chi connectivity index (χ1n) is 10.5. The molecule has 2 aliphatic rings. The second-order valence-corrected chi connectivity index (χ2v) is 8.14. The highest BCUT2D eigenvalue weighted by Gasteiger charge is 2.25. The first-order valence-corrected chi connectivity index (χ1v) is 10.5. The summed E-state index contributed by atoms with van der Waals surface area (Å²) in [5, 5.41) is 0. The molecule has 2 N–H and O–H groups in total. The molecule has 1 aliphatic carbocycles. The van der Waals surface area contributed by atoms with Crippen LogP contribution in [0.2, 0.25) is 0 Å². The van der Waals surface area contributed by atoms with Gasteiger partial charge in [0.1, 0.15) is 18.0 Å². The summed E-state index contributed by atoms with van der Waals surface area (Å²) in [5.41, 5.74) is 7.53. The minimum absolute atomic E-state index is 0.117. The van der Waals surface area contributed by atoms with Crippen molar-refractivity contribution in [3.8, 4) is 11.6 Å². The van der Waals surface area contributed by atoms with Crippen LogP contribution in [0.3, 0.4) is 0 Å². The summed E-state index contributed by atoms with van der Waals surface area (Å²) < 4.78 is 12.1. The molecule has 0 bridgehead atoms. The Labute approximate surface area is 172 Å². The van der Waals surface area contributed by atoms with Crippen molar-refractivity contribution < 1.29 is 14.3 Å². The van der Waals surface area contributed by atoms with Crippen molar-refractivity contribution in [2.45, 2.75) is 57.2 Å². The third-order valence-corrected chi connectivity index (χ3v) is 5.83. The zero-order chi connectivity index (χ0) is 20.2. The first-order chi connectivity index (χ1) is 14.1. The molecule has 2 aromatic rings. The average Bonchev–Trinajstić information content (AvgIpc) is 3.13. The summed E-state index contributed by atoms with van der Waals surface area (Å²) in [5.74, 6) is 1.42. The van der Waals surface area contributed by atoms with Gasteiger partial charge in [-0.2, -0.15) is 0 Å². The van der Waals surface area contributed by atoms with Gasteiger partial charge in [-0.05, 0) is 48.9 Å². The fourth-order valence-electron chi connectivity index (χ4n) is 3.87. The molecular weight excluding hydrogens is 366 g/mol. The Hall–Kier alpha value is -2.76. The van der Waals surface area contributed by atoms with Gasteiger partial charge >= 0.3 is 0 Å². The van der Waals surface area contributed by atoms with E-state index in [4.69, 9.17) is 15.2 Å². The molecule has 2 heterocycles. The van der Waals surface area contributed by atoms with Crippen LogP contribution in [-0.2, 0) is 4.79 Å². The average molecular weight is 396 g/mol. The highest BCUT2D eigenvalue weighted by Crippen LogP contribution is 2.29. The molecule has 1 amide bonds. The summed E-state index contributed by atoms with van der Waals surface area (Å²) in [6.45, 7) is 3.80. The normalized spacial score (nSPS) is 20.2. The van der Waals surface area contributed by atoms with Crippen molar-refractivity contribution in [3.63, 3.8) is 0 Å². The van der Waals surface area contributed by atoms with Crippen LogP contribution in [0.15, 0.2) is 42.6 Å². The number of nitrogens with two attached hydrogens (primary N) is 1. The van der Waals surface area contributed by atoms with Gasteiger partial charge in [0, 0.05) is 37.3 Å². The van der Waals surface area contributed by atoms with Crippen LogP contribution in [0.4, 0.5) is 5.69 Å². The van der Waals surface area contributed by atoms with Gasteiger partial charge in [-0.3, -0.25) is 4.79 Å². The maximum Gasteiger partial charge on any atom is 0.218 e.